The molecule has 0 radical (unpaired) electrons. The molecule has 4 nitrogen and oxygen atoms in total. The highest BCUT2D eigenvalue weighted by Gasteiger charge is 2.33. The van der Waals surface area contributed by atoms with Crippen LogP contribution in [-0.2, 0) is 21.0 Å². The summed E-state index contributed by atoms with van der Waals surface area (Å²) in [6.45, 7) is 0. The molecule has 0 aromatic heterocycles. The summed E-state index contributed by atoms with van der Waals surface area (Å²) < 4.78 is 30.1. The molecule has 0 aliphatic rings. The summed E-state index contributed by atoms with van der Waals surface area (Å²) in [5, 5.41) is 10.3. The minimum Gasteiger partial charge on any atom is -0.389 e. The third-order valence-corrected chi connectivity index (χ3v) is 5.26. The number of rotatable bonds is 6. The smallest absolute Gasteiger partial charge is 0.207 e. The first-order valence-corrected chi connectivity index (χ1v) is 8.14. The molecule has 0 aliphatic carbocycles. The predicted octanol–water partition coefficient (Wildman–Crippen LogP) is 2.04. The van der Waals surface area contributed by atoms with Crippen molar-refractivity contribution in [3.05, 3.63) is 66.2 Å². The second-order valence-electron chi connectivity index (χ2n) is 4.72. The van der Waals surface area contributed by atoms with E-state index in [0.717, 1.165) is 5.56 Å². The highest BCUT2D eigenvalue weighted by Crippen LogP contribution is 2.20. The summed E-state index contributed by atoms with van der Waals surface area (Å²) in [5.41, 5.74) is -0.435. The fraction of sp³-hybridized carbons (Fsp3) is 0.250. The van der Waals surface area contributed by atoms with Crippen LogP contribution < -0.4 is 0 Å². The van der Waals surface area contributed by atoms with Gasteiger partial charge in [-0.15, -0.1) is 0 Å². The van der Waals surface area contributed by atoms with Gasteiger partial charge in [0.15, 0.2) is 5.44 Å². The van der Waals surface area contributed by atoms with Gasteiger partial charge >= 0.3 is 0 Å². The molecule has 0 spiro atoms. The fourth-order valence-electron chi connectivity index (χ4n) is 2.19. The number of hydrogen-bond donors (Lipinski definition) is 1. The van der Waals surface area contributed by atoms with Crippen molar-refractivity contribution in [3.63, 3.8) is 0 Å². The molecule has 0 amide bonds. The molecule has 5 heteroatoms. The first-order valence-electron chi connectivity index (χ1n) is 6.59. The van der Waals surface area contributed by atoms with Crippen molar-refractivity contribution >= 4 is 9.84 Å². The number of aliphatic hydroxyl groups is 1. The van der Waals surface area contributed by atoms with Gasteiger partial charge in [0.2, 0.25) is 9.84 Å². The first kappa shape index (κ1) is 15.7. The van der Waals surface area contributed by atoms with Crippen LogP contribution in [0.25, 0.3) is 0 Å². The van der Waals surface area contributed by atoms with E-state index in [0.29, 0.717) is 0 Å². The van der Waals surface area contributed by atoms with Crippen LogP contribution in [0.15, 0.2) is 65.6 Å². The maximum Gasteiger partial charge on any atom is 0.207 e. The average Bonchev–Trinajstić information content (AvgIpc) is 2.49. The van der Waals surface area contributed by atoms with Crippen molar-refractivity contribution in [2.45, 2.75) is 22.9 Å². The van der Waals surface area contributed by atoms with Crippen molar-refractivity contribution in [3.8, 4) is 0 Å². The summed E-state index contributed by atoms with van der Waals surface area (Å²) >= 11 is 0. The van der Waals surface area contributed by atoms with Crippen molar-refractivity contribution in [1.82, 2.24) is 0 Å². The lowest BCUT2D eigenvalue weighted by molar-refractivity contribution is 0.0365. The van der Waals surface area contributed by atoms with E-state index in [9.17, 15) is 13.5 Å². The van der Waals surface area contributed by atoms with Crippen LogP contribution in [-0.4, -0.2) is 32.2 Å². The van der Waals surface area contributed by atoms with Crippen LogP contribution in [0.3, 0.4) is 0 Å². The number of ether oxygens (including phenoxy) is 1. The Morgan fingerprint density at radius 3 is 2.05 bits per heavy atom. The average molecular weight is 306 g/mol. The van der Waals surface area contributed by atoms with Crippen molar-refractivity contribution in [2.24, 2.45) is 0 Å². The van der Waals surface area contributed by atoms with Crippen molar-refractivity contribution in [1.29, 1.82) is 0 Å². The van der Waals surface area contributed by atoms with Gasteiger partial charge in [0.1, 0.15) is 0 Å². The molecule has 2 aromatic rings. The Labute approximate surface area is 124 Å². The molecule has 1 N–H and O–H groups in total. The Kier molecular flexibility index (Phi) is 5.12. The van der Waals surface area contributed by atoms with E-state index in [4.69, 9.17) is 4.74 Å². The Morgan fingerprint density at radius 1 is 1.00 bits per heavy atom. The van der Waals surface area contributed by atoms with E-state index in [2.05, 4.69) is 0 Å². The Morgan fingerprint density at radius 2 is 1.52 bits per heavy atom. The maximum absolute atomic E-state index is 12.5. The molecule has 0 saturated carbocycles. The standard InChI is InChI=1S/C16H18O4S/c1-20-16(15(17)12-13-8-4-2-5-9-13)21(18,19)14-10-6-3-7-11-14/h2-11,15-17H,12H2,1H3/t15-,16-/m0/s1. The zero-order valence-corrected chi connectivity index (χ0v) is 12.5. The third kappa shape index (κ3) is 3.69. The van der Waals surface area contributed by atoms with Crippen molar-refractivity contribution < 1.29 is 18.3 Å². The highest BCUT2D eigenvalue weighted by atomic mass is 32.2. The number of sulfone groups is 1. The van der Waals surface area contributed by atoms with Gasteiger partial charge in [0, 0.05) is 13.5 Å². The lowest BCUT2D eigenvalue weighted by Gasteiger charge is -2.22. The van der Waals surface area contributed by atoms with Gasteiger partial charge in [-0.1, -0.05) is 48.5 Å². The fourth-order valence-corrected chi connectivity index (χ4v) is 3.75. The minimum atomic E-state index is -3.74. The summed E-state index contributed by atoms with van der Waals surface area (Å²) in [4.78, 5) is 0.143. The SMILES string of the molecule is CO[C@H]([C@@H](O)Cc1ccccc1)S(=O)(=O)c1ccccc1. The summed E-state index contributed by atoms with van der Waals surface area (Å²) in [6.07, 6.45) is -0.923. The zero-order valence-electron chi connectivity index (χ0n) is 11.7. The molecule has 0 aliphatic heterocycles. The Hall–Kier alpha value is -1.69. The van der Waals surface area contributed by atoms with Gasteiger partial charge < -0.3 is 9.84 Å². The van der Waals surface area contributed by atoms with Crippen LogP contribution in [0.2, 0.25) is 0 Å². The Bertz CT molecular complexity index is 653. The van der Waals surface area contributed by atoms with Gasteiger partial charge in [-0.3, -0.25) is 0 Å². The number of methoxy groups -OCH3 is 1. The van der Waals surface area contributed by atoms with Gasteiger partial charge in [0.05, 0.1) is 11.0 Å². The maximum atomic E-state index is 12.5. The normalized spacial score (nSPS) is 14.6. The molecule has 112 valence electrons. The van der Waals surface area contributed by atoms with Gasteiger partial charge in [-0.25, -0.2) is 8.42 Å². The van der Waals surface area contributed by atoms with E-state index in [1.54, 1.807) is 18.2 Å². The van der Waals surface area contributed by atoms with E-state index < -0.39 is 21.4 Å². The molecule has 0 bridgehead atoms. The van der Waals surface area contributed by atoms with E-state index >= 15 is 0 Å². The molecule has 2 atom stereocenters. The quantitative estimate of drug-likeness (QED) is 0.887. The molecular formula is C16H18O4S. The molecule has 21 heavy (non-hydrogen) atoms. The van der Waals surface area contributed by atoms with Crippen LogP contribution in [0.4, 0.5) is 0 Å². The van der Waals surface area contributed by atoms with E-state index in [1.165, 1.54) is 19.2 Å². The Balaban J connectivity index is 2.23. The summed E-state index contributed by atoms with van der Waals surface area (Å²) in [6, 6.07) is 17.2. The molecule has 2 rings (SSSR count). The minimum absolute atomic E-state index is 0.143. The van der Waals surface area contributed by atoms with Crippen LogP contribution >= 0.6 is 0 Å². The second kappa shape index (κ2) is 6.85. The molecule has 2 aromatic carbocycles. The van der Waals surface area contributed by atoms with Crippen molar-refractivity contribution in [2.75, 3.05) is 7.11 Å². The summed E-state index contributed by atoms with van der Waals surface area (Å²) in [5.74, 6) is 0. The largest absolute Gasteiger partial charge is 0.389 e. The second-order valence-corrected chi connectivity index (χ2v) is 6.75. The lowest BCUT2D eigenvalue weighted by Crippen LogP contribution is -2.37. The van der Waals surface area contributed by atoms with Crippen LogP contribution in [0.5, 0.6) is 0 Å². The predicted molar refractivity (Wildman–Crippen MR) is 80.6 cm³/mol. The van der Waals surface area contributed by atoms with Crippen LogP contribution in [0, 0.1) is 0 Å². The first-order chi connectivity index (χ1) is 10.1. The molecule has 0 saturated heterocycles. The van der Waals surface area contributed by atoms with E-state index in [1.807, 2.05) is 30.3 Å². The summed E-state index contributed by atoms with van der Waals surface area (Å²) in [7, 11) is -2.45. The highest BCUT2D eigenvalue weighted by molar-refractivity contribution is 7.92. The van der Waals surface area contributed by atoms with Gasteiger partial charge in [0.25, 0.3) is 0 Å². The third-order valence-electron chi connectivity index (χ3n) is 3.21. The number of hydrogen-bond acceptors (Lipinski definition) is 4. The number of benzene rings is 2. The molecule has 0 fully saturated rings. The molecule has 0 unspecified atom stereocenters. The molecule has 0 heterocycles. The lowest BCUT2D eigenvalue weighted by atomic mass is 10.1. The zero-order chi connectivity index (χ0) is 15.3. The van der Waals surface area contributed by atoms with Gasteiger partial charge in [-0.05, 0) is 17.7 Å². The molecular weight excluding hydrogens is 288 g/mol. The monoisotopic (exact) mass is 306 g/mol. The topological polar surface area (TPSA) is 63.6 Å². The van der Waals surface area contributed by atoms with Crippen LogP contribution in [0.1, 0.15) is 5.56 Å². The van der Waals surface area contributed by atoms with E-state index in [-0.39, 0.29) is 11.3 Å². The van der Waals surface area contributed by atoms with Gasteiger partial charge in [-0.2, -0.15) is 0 Å². The number of aliphatic hydroxyl groups excluding tert-OH is 1.